The lowest BCUT2D eigenvalue weighted by Crippen LogP contribution is -2.44. The molecule has 2 atom stereocenters. The fraction of sp³-hybridized carbons (Fsp3) is 0.571. The minimum absolute atomic E-state index is 0.0629. The van der Waals surface area contributed by atoms with Crippen molar-refractivity contribution in [2.45, 2.75) is 0 Å². The normalized spacial score (nSPS) is 27.7. The van der Waals surface area contributed by atoms with E-state index in [2.05, 4.69) is 4.98 Å². The maximum Gasteiger partial charge on any atom is 0.313 e. The molecule has 3 heterocycles. The summed E-state index contributed by atoms with van der Waals surface area (Å²) < 4.78 is 40.8. The molecule has 2 saturated heterocycles. The maximum atomic E-state index is 14.0. The van der Waals surface area contributed by atoms with Crippen LogP contribution in [0.2, 0.25) is 0 Å². The van der Waals surface area contributed by atoms with Gasteiger partial charge in [-0.2, -0.15) is 17.0 Å². The second kappa shape index (κ2) is 5.64. The summed E-state index contributed by atoms with van der Waals surface area (Å²) in [4.78, 5) is 17.3. The fourth-order valence-corrected chi connectivity index (χ4v) is 4.76. The van der Waals surface area contributed by atoms with Crippen LogP contribution in [0, 0.1) is 17.2 Å². The molecule has 0 amide bonds. The first-order valence-electron chi connectivity index (χ1n) is 7.44. The zero-order valence-corrected chi connectivity index (χ0v) is 14.2. The molecular weight excluding hydrogens is 339 g/mol. The zero-order chi connectivity index (χ0) is 17.7. The van der Waals surface area contributed by atoms with Gasteiger partial charge in [0.25, 0.3) is 10.2 Å². The summed E-state index contributed by atoms with van der Waals surface area (Å²) in [5, 5.41) is 9.76. The molecule has 0 aliphatic carbocycles. The highest BCUT2D eigenvalue weighted by molar-refractivity contribution is 7.86. The minimum Gasteiger partial charge on any atom is -0.481 e. The van der Waals surface area contributed by atoms with Gasteiger partial charge in [0, 0.05) is 52.4 Å². The van der Waals surface area contributed by atoms with Crippen LogP contribution < -0.4 is 4.90 Å². The maximum absolute atomic E-state index is 14.0. The number of aliphatic carboxylic acids is 1. The van der Waals surface area contributed by atoms with Gasteiger partial charge in [0.15, 0.2) is 5.82 Å². The van der Waals surface area contributed by atoms with Crippen LogP contribution in [0.3, 0.4) is 0 Å². The van der Waals surface area contributed by atoms with E-state index in [1.54, 1.807) is 4.90 Å². The van der Waals surface area contributed by atoms with Gasteiger partial charge in [0.1, 0.15) is 5.41 Å². The van der Waals surface area contributed by atoms with Crippen molar-refractivity contribution in [3.8, 4) is 0 Å². The highest BCUT2D eigenvalue weighted by Gasteiger charge is 2.60. The molecular formula is C14H19FN4O4S. The quantitative estimate of drug-likeness (QED) is 0.805. The van der Waals surface area contributed by atoms with E-state index in [-0.39, 0.29) is 26.2 Å². The van der Waals surface area contributed by atoms with Gasteiger partial charge >= 0.3 is 5.97 Å². The SMILES string of the molecule is CN(C)S(=O)(=O)N1C[C@@H]2CN(c3ccncc3F)C[C@]2(C(=O)O)C1. The number of aromatic nitrogens is 1. The Balaban J connectivity index is 1.90. The van der Waals surface area contributed by atoms with E-state index in [9.17, 15) is 22.7 Å². The van der Waals surface area contributed by atoms with Crippen molar-refractivity contribution in [3.05, 3.63) is 24.3 Å². The number of hydrogen-bond donors (Lipinski definition) is 1. The number of rotatable bonds is 4. The molecule has 3 rings (SSSR count). The van der Waals surface area contributed by atoms with E-state index in [1.807, 2.05) is 0 Å². The summed E-state index contributed by atoms with van der Waals surface area (Å²) in [6, 6.07) is 1.50. The Morgan fingerprint density at radius 3 is 2.67 bits per heavy atom. The molecule has 1 aromatic rings. The fourth-order valence-electron chi connectivity index (χ4n) is 3.54. The van der Waals surface area contributed by atoms with Crippen LogP contribution in [0.1, 0.15) is 0 Å². The number of pyridine rings is 1. The van der Waals surface area contributed by atoms with Crippen molar-refractivity contribution >= 4 is 21.9 Å². The number of hydrogen-bond acceptors (Lipinski definition) is 5. The molecule has 0 unspecified atom stereocenters. The van der Waals surface area contributed by atoms with E-state index < -0.39 is 33.3 Å². The van der Waals surface area contributed by atoms with Crippen LogP contribution in [-0.4, -0.2) is 73.4 Å². The average molecular weight is 358 g/mol. The third kappa shape index (κ3) is 2.45. The van der Waals surface area contributed by atoms with Gasteiger partial charge in [0.05, 0.1) is 11.9 Å². The minimum atomic E-state index is -3.68. The topological polar surface area (TPSA) is 94.1 Å². The van der Waals surface area contributed by atoms with E-state index in [0.29, 0.717) is 5.69 Å². The molecule has 8 nitrogen and oxygen atoms in total. The third-order valence-electron chi connectivity index (χ3n) is 4.88. The van der Waals surface area contributed by atoms with Crippen LogP contribution >= 0.6 is 0 Å². The van der Waals surface area contributed by atoms with Crippen molar-refractivity contribution in [1.29, 1.82) is 0 Å². The van der Waals surface area contributed by atoms with E-state index in [4.69, 9.17) is 0 Å². The standard InChI is InChI=1S/C14H19FN4O4S/c1-17(2)24(22,23)19-7-10-6-18(8-14(10,9-19)13(20)21)12-3-4-16-5-11(12)15/h3-5,10H,6-9H2,1-2H3,(H,20,21)/t10-,14-/m0/s1. The number of carbonyl (C=O) groups is 1. The van der Waals surface area contributed by atoms with Gasteiger partial charge in [-0.1, -0.05) is 0 Å². The molecule has 0 radical (unpaired) electrons. The Kier molecular flexibility index (Phi) is 4.01. The van der Waals surface area contributed by atoms with Gasteiger partial charge in [-0.25, -0.2) is 4.39 Å². The predicted octanol–water partition coefficient (Wildman–Crippen LogP) is -0.150. The molecule has 0 saturated carbocycles. The second-order valence-corrected chi connectivity index (χ2v) is 8.59. The monoisotopic (exact) mass is 358 g/mol. The van der Waals surface area contributed by atoms with Gasteiger partial charge in [-0.15, -0.1) is 0 Å². The largest absolute Gasteiger partial charge is 0.481 e. The van der Waals surface area contributed by atoms with Gasteiger partial charge in [-0.3, -0.25) is 9.78 Å². The van der Waals surface area contributed by atoms with Crippen molar-refractivity contribution in [2.75, 3.05) is 45.2 Å². The molecule has 0 aromatic carbocycles. The van der Waals surface area contributed by atoms with E-state index in [1.165, 1.54) is 30.7 Å². The highest BCUT2D eigenvalue weighted by Crippen LogP contribution is 2.45. The summed E-state index contributed by atoms with van der Waals surface area (Å²) in [5.74, 6) is -1.98. The summed E-state index contributed by atoms with van der Waals surface area (Å²) in [7, 11) is -0.855. The van der Waals surface area contributed by atoms with Crippen molar-refractivity contribution in [3.63, 3.8) is 0 Å². The molecule has 2 fully saturated rings. The Morgan fingerprint density at radius 2 is 2.12 bits per heavy atom. The van der Waals surface area contributed by atoms with Crippen LogP contribution in [0.5, 0.6) is 0 Å². The summed E-state index contributed by atoms with van der Waals surface area (Å²) in [6.07, 6.45) is 2.53. The molecule has 2 aliphatic rings. The van der Waals surface area contributed by atoms with Crippen LogP contribution in [0.4, 0.5) is 10.1 Å². The van der Waals surface area contributed by atoms with Gasteiger partial charge in [0.2, 0.25) is 0 Å². The first-order chi connectivity index (χ1) is 11.2. The number of carboxylic acids is 1. The Hall–Kier alpha value is -1.78. The lowest BCUT2D eigenvalue weighted by Gasteiger charge is -2.27. The van der Waals surface area contributed by atoms with Crippen LogP contribution in [-0.2, 0) is 15.0 Å². The van der Waals surface area contributed by atoms with E-state index in [0.717, 1.165) is 10.5 Å². The Bertz CT molecular complexity index is 772. The highest BCUT2D eigenvalue weighted by atomic mass is 32.2. The number of anilines is 1. The summed E-state index contributed by atoms with van der Waals surface area (Å²) >= 11 is 0. The van der Waals surface area contributed by atoms with Gasteiger partial charge in [-0.05, 0) is 6.07 Å². The van der Waals surface area contributed by atoms with Crippen LogP contribution in [0.15, 0.2) is 18.5 Å². The van der Waals surface area contributed by atoms with E-state index >= 15 is 0 Å². The molecule has 1 aromatic heterocycles. The Labute approximate surface area is 139 Å². The average Bonchev–Trinajstić information content (AvgIpc) is 3.03. The number of halogens is 1. The van der Waals surface area contributed by atoms with Gasteiger partial charge < -0.3 is 10.0 Å². The Morgan fingerprint density at radius 1 is 1.42 bits per heavy atom. The summed E-state index contributed by atoms with van der Waals surface area (Å²) in [6.45, 7) is 0.340. The molecule has 2 aliphatic heterocycles. The lowest BCUT2D eigenvalue weighted by atomic mass is 9.81. The third-order valence-corrected chi connectivity index (χ3v) is 6.74. The number of carboxylic acid groups (broad SMARTS) is 1. The van der Waals surface area contributed by atoms with Crippen LogP contribution in [0.25, 0.3) is 0 Å². The molecule has 0 bridgehead atoms. The lowest BCUT2D eigenvalue weighted by molar-refractivity contribution is -0.148. The molecule has 10 heteroatoms. The smallest absolute Gasteiger partial charge is 0.313 e. The molecule has 0 spiro atoms. The zero-order valence-electron chi connectivity index (χ0n) is 13.4. The molecule has 1 N–H and O–H groups in total. The number of fused-ring (bicyclic) bond motifs is 1. The molecule has 132 valence electrons. The molecule has 24 heavy (non-hydrogen) atoms. The first kappa shape index (κ1) is 17.1. The second-order valence-electron chi connectivity index (χ2n) is 6.45. The number of nitrogens with zero attached hydrogens (tertiary/aromatic N) is 4. The van der Waals surface area contributed by atoms with Crippen molar-refractivity contribution < 1.29 is 22.7 Å². The first-order valence-corrected chi connectivity index (χ1v) is 8.83. The van der Waals surface area contributed by atoms with Crippen molar-refractivity contribution in [2.24, 2.45) is 11.3 Å². The van der Waals surface area contributed by atoms with Crippen molar-refractivity contribution in [1.82, 2.24) is 13.6 Å². The summed E-state index contributed by atoms with van der Waals surface area (Å²) in [5.41, 5.74) is -0.944. The predicted molar refractivity (Wildman–Crippen MR) is 84.1 cm³/mol.